The lowest BCUT2D eigenvalue weighted by atomic mass is 9.77. The van der Waals surface area contributed by atoms with Crippen molar-refractivity contribution >= 4 is 11.6 Å². The first-order valence-corrected chi connectivity index (χ1v) is 6.95. The maximum Gasteiger partial charge on any atom is 0.0687 e. The molecule has 2 unspecified atom stereocenters. The zero-order valence-corrected chi connectivity index (χ0v) is 11.3. The van der Waals surface area contributed by atoms with Gasteiger partial charge in [-0.3, -0.25) is 4.90 Å². The van der Waals surface area contributed by atoms with Gasteiger partial charge < -0.3 is 0 Å². The number of benzene rings is 1. The Morgan fingerprint density at radius 1 is 1.28 bits per heavy atom. The van der Waals surface area contributed by atoms with Gasteiger partial charge in [0.05, 0.1) is 12.0 Å². The van der Waals surface area contributed by atoms with Crippen LogP contribution >= 0.6 is 11.6 Å². The maximum absolute atomic E-state index is 9.51. The smallest absolute Gasteiger partial charge is 0.0687 e. The van der Waals surface area contributed by atoms with Crippen molar-refractivity contribution in [3.05, 3.63) is 34.9 Å². The van der Waals surface area contributed by atoms with Gasteiger partial charge in [0.2, 0.25) is 0 Å². The van der Waals surface area contributed by atoms with Gasteiger partial charge >= 0.3 is 0 Å². The number of hydrogen-bond acceptors (Lipinski definition) is 2. The minimum absolute atomic E-state index is 0.120. The minimum atomic E-state index is 0.120. The van der Waals surface area contributed by atoms with Crippen LogP contribution in [0.1, 0.15) is 30.7 Å². The molecular weight excluding hydrogens is 244 g/mol. The first-order chi connectivity index (χ1) is 8.70. The van der Waals surface area contributed by atoms with Crippen LogP contribution in [0.2, 0.25) is 5.02 Å². The summed E-state index contributed by atoms with van der Waals surface area (Å²) < 4.78 is 0. The second-order valence-corrected chi connectivity index (χ2v) is 5.95. The zero-order valence-electron chi connectivity index (χ0n) is 10.5. The summed E-state index contributed by atoms with van der Waals surface area (Å²) in [6, 6.07) is 11.7. The van der Waals surface area contributed by atoms with Crippen LogP contribution < -0.4 is 0 Å². The molecule has 2 heterocycles. The average Bonchev–Trinajstić information content (AvgIpc) is 2.63. The molecule has 2 aliphatic heterocycles. The van der Waals surface area contributed by atoms with E-state index in [-0.39, 0.29) is 5.92 Å². The van der Waals surface area contributed by atoms with E-state index in [4.69, 9.17) is 11.6 Å². The van der Waals surface area contributed by atoms with E-state index in [9.17, 15) is 5.26 Å². The van der Waals surface area contributed by atoms with Gasteiger partial charge in [0.25, 0.3) is 0 Å². The van der Waals surface area contributed by atoms with Crippen molar-refractivity contribution in [3.8, 4) is 6.07 Å². The van der Waals surface area contributed by atoms with Gasteiger partial charge in [-0.2, -0.15) is 5.26 Å². The monoisotopic (exact) mass is 260 g/mol. The van der Waals surface area contributed by atoms with Gasteiger partial charge in [0.1, 0.15) is 0 Å². The highest BCUT2D eigenvalue weighted by atomic mass is 35.5. The summed E-state index contributed by atoms with van der Waals surface area (Å²) in [4.78, 5) is 2.42. The van der Waals surface area contributed by atoms with Crippen molar-refractivity contribution in [1.29, 1.82) is 5.26 Å². The molecule has 2 nitrogen and oxygen atoms in total. The third kappa shape index (κ3) is 1.83. The van der Waals surface area contributed by atoms with Crippen molar-refractivity contribution in [2.75, 3.05) is 7.05 Å². The molecule has 18 heavy (non-hydrogen) atoms. The third-order valence-electron chi connectivity index (χ3n) is 4.72. The standard InChI is InChI=1S/C15H17ClN2/c1-18-12-6-7-15(18)14(9-17)13(8-12)10-2-4-11(16)5-3-10/h2-5,12-15H,6-8H2,1H3/t12-,13-,14?,15?/m1/s1. The van der Waals surface area contributed by atoms with Gasteiger partial charge in [0.15, 0.2) is 0 Å². The van der Waals surface area contributed by atoms with E-state index in [1.54, 1.807) is 0 Å². The summed E-state index contributed by atoms with van der Waals surface area (Å²) in [5, 5.41) is 10.3. The second-order valence-electron chi connectivity index (χ2n) is 5.51. The number of hydrogen-bond donors (Lipinski definition) is 0. The molecule has 2 fully saturated rings. The molecule has 0 N–H and O–H groups in total. The van der Waals surface area contributed by atoms with E-state index in [2.05, 4.69) is 30.1 Å². The lowest BCUT2D eigenvalue weighted by Crippen LogP contribution is -2.45. The highest BCUT2D eigenvalue weighted by Crippen LogP contribution is 2.45. The highest BCUT2D eigenvalue weighted by molar-refractivity contribution is 6.30. The van der Waals surface area contributed by atoms with Crippen LogP contribution in [0.25, 0.3) is 0 Å². The predicted molar refractivity (Wildman–Crippen MR) is 72.5 cm³/mol. The van der Waals surface area contributed by atoms with Crippen LogP contribution in [-0.4, -0.2) is 24.0 Å². The van der Waals surface area contributed by atoms with Crippen molar-refractivity contribution in [3.63, 3.8) is 0 Å². The fourth-order valence-electron chi connectivity index (χ4n) is 3.70. The Bertz CT molecular complexity index is 476. The molecule has 2 aliphatic rings. The molecule has 3 heteroatoms. The quantitative estimate of drug-likeness (QED) is 0.774. The van der Waals surface area contributed by atoms with Gasteiger partial charge in [-0.1, -0.05) is 23.7 Å². The minimum Gasteiger partial charge on any atom is -0.299 e. The second kappa shape index (κ2) is 4.57. The van der Waals surface area contributed by atoms with E-state index < -0.39 is 0 Å². The molecule has 94 valence electrons. The number of piperidine rings is 1. The summed E-state index contributed by atoms with van der Waals surface area (Å²) in [5.41, 5.74) is 1.27. The normalized spacial score (nSPS) is 35.4. The van der Waals surface area contributed by atoms with Crippen LogP contribution in [0.5, 0.6) is 0 Å². The Hall–Kier alpha value is -1.04. The third-order valence-corrected chi connectivity index (χ3v) is 4.97. The SMILES string of the molecule is CN1C2CC[C@@H]1C[C@H](c1ccc(Cl)cc1)C2C#N. The van der Waals surface area contributed by atoms with Crippen molar-refractivity contribution in [1.82, 2.24) is 4.90 Å². The number of fused-ring (bicyclic) bond motifs is 2. The fourth-order valence-corrected chi connectivity index (χ4v) is 3.82. The molecule has 0 amide bonds. The lowest BCUT2D eigenvalue weighted by Gasteiger charge is -2.40. The van der Waals surface area contributed by atoms with Crippen molar-refractivity contribution in [2.45, 2.75) is 37.3 Å². The lowest BCUT2D eigenvalue weighted by molar-refractivity contribution is 0.127. The Morgan fingerprint density at radius 3 is 2.67 bits per heavy atom. The number of halogens is 1. The molecule has 1 aromatic rings. The predicted octanol–water partition coefficient (Wildman–Crippen LogP) is 3.43. The molecule has 0 saturated carbocycles. The summed E-state index contributed by atoms with van der Waals surface area (Å²) in [6.07, 6.45) is 3.51. The topological polar surface area (TPSA) is 27.0 Å². The highest BCUT2D eigenvalue weighted by Gasteiger charge is 2.45. The number of rotatable bonds is 1. The maximum atomic E-state index is 9.51. The Balaban J connectivity index is 1.93. The molecule has 2 bridgehead atoms. The van der Waals surface area contributed by atoms with Crippen LogP contribution in [-0.2, 0) is 0 Å². The first kappa shape index (κ1) is 12.0. The van der Waals surface area contributed by atoms with Gasteiger partial charge in [-0.05, 0) is 44.0 Å². The molecule has 4 atom stereocenters. The van der Waals surface area contributed by atoms with E-state index in [1.807, 2.05) is 12.1 Å². The molecule has 3 rings (SSSR count). The average molecular weight is 261 g/mol. The van der Waals surface area contributed by atoms with Crippen LogP contribution in [0.15, 0.2) is 24.3 Å². The van der Waals surface area contributed by atoms with Crippen molar-refractivity contribution in [2.24, 2.45) is 5.92 Å². The largest absolute Gasteiger partial charge is 0.299 e. The van der Waals surface area contributed by atoms with Crippen LogP contribution in [0.4, 0.5) is 0 Å². The molecule has 0 aliphatic carbocycles. The molecule has 0 radical (unpaired) electrons. The van der Waals surface area contributed by atoms with E-state index in [0.717, 1.165) is 11.4 Å². The van der Waals surface area contributed by atoms with Crippen molar-refractivity contribution < 1.29 is 0 Å². The Labute approximate surface area is 113 Å². The summed E-state index contributed by atoms with van der Waals surface area (Å²) in [6.45, 7) is 0. The van der Waals surface area contributed by atoms with E-state index in [0.29, 0.717) is 18.0 Å². The van der Waals surface area contributed by atoms with Crippen LogP contribution in [0, 0.1) is 17.2 Å². The van der Waals surface area contributed by atoms with Gasteiger partial charge in [0, 0.05) is 23.0 Å². The van der Waals surface area contributed by atoms with Gasteiger partial charge in [-0.25, -0.2) is 0 Å². The van der Waals surface area contributed by atoms with E-state index >= 15 is 0 Å². The number of nitrogens with zero attached hydrogens (tertiary/aromatic N) is 2. The number of nitriles is 1. The molecular formula is C15H17ClN2. The summed E-state index contributed by atoms with van der Waals surface area (Å²) in [7, 11) is 2.17. The zero-order chi connectivity index (χ0) is 12.7. The Morgan fingerprint density at radius 2 is 2.00 bits per heavy atom. The fraction of sp³-hybridized carbons (Fsp3) is 0.533. The molecule has 1 aromatic carbocycles. The molecule has 0 aromatic heterocycles. The van der Waals surface area contributed by atoms with Crippen LogP contribution in [0.3, 0.4) is 0 Å². The molecule has 2 saturated heterocycles. The summed E-state index contributed by atoms with van der Waals surface area (Å²) in [5.74, 6) is 0.496. The summed E-state index contributed by atoms with van der Waals surface area (Å²) >= 11 is 5.94. The molecule has 0 spiro atoms. The van der Waals surface area contributed by atoms with Gasteiger partial charge in [-0.15, -0.1) is 0 Å². The van der Waals surface area contributed by atoms with E-state index in [1.165, 1.54) is 18.4 Å². The Kier molecular flexibility index (Phi) is 3.05. The first-order valence-electron chi connectivity index (χ1n) is 6.57.